The van der Waals surface area contributed by atoms with E-state index in [0.29, 0.717) is 17.3 Å². The lowest BCUT2D eigenvalue weighted by atomic mass is 9.95. The molecular formula is C13H16BrNO4S. The van der Waals surface area contributed by atoms with Gasteiger partial charge in [0.2, 0.25) is 10.0 Å². The van der Waals surface area contributed by atoms with Gasteiger partial charge in [-0.2, -0.15) is 4.31 Å². The van der Waals surface area contributed by atoms with Crippen molar-refractivity contribution in [3.8, 4) is 0 Å². The standard InChI is InChI=1S/C13H16BrNO4S/c1-2-13(12(16)17)8-5-9-15(13)20(18,19)11-7-4-3-6-10(11)14/h3-4,6-7H,2,5,8-9H2,1H3,(H,16,17). The summed E-state index contributed by atoms with van der Waals surface area (Å²) in [6, 6.07) is 6.47. The maximum absolute atomic E-state index is 12.8. The largest absolute Gasteiger partial charge is 0.480 e. The number of carboxylic acids is 1. The first-order valence-corrected chi connectivity index (χ1v) is 8.60. The van der Waals surface area contributed by atoms with Crippen LogP contribution in [0.1, 0.15) is 26.2 Å². The number of aliphatic carboxylic acids is 1. The molecule has 0 amide bonds. The summed E-state index contributed by atoms with van der Waals surface area (Å²) in [7, 11) is -3.83. The molecule has 110 valence electrons. The van der Waals surface area contributed by atoms with Gasteiger partial charge in [-0.25, -0.2) is 8.42 Å². The van der Waals surface area contributed by atoms with Gasteiger partial charge >= 0.3 is 5.97 Å². The van der Waals surface area contributed by atoms with Crippen molar-refractivity contribution in [2.45, 2.75) is 36.6 Å². The molecule has 0 bridgehead atoms. The fraction of sp³-hybridized carbons (Fsp3) is 0.462. The zero-order valence-corrected chi connectivity index (χ0v) is 13.4. The maximum Gasteiger partial charge on any atom is 0.325 e. The second-order valence-corrected chi connectivity index (χ2v) is 7.49. The smallest absolute Gasteiger partial charge is 0.325 e. The molecule has 1 heterocycles. The SMILES string of the molecule is CCC1(C(=O)O)CCCN1S(=O)(=O)c1ccccc1Br. The molecule has 0 aromatic heterocycles. The summed E-state index contributed by atoms with van der Waals surface area (Å²) in [6.45, 7) is 1.95. The molecular weight excluding hydrogens is 346 g/mol. The third-order valence-corrected chi connectivity index (χ3v) is 6.79. The molecule has 0 aliphatic carbocycles. The van der Waals surface area contributed by atoms with Crippen LogP contribution in [-0.4, -0.2) is 35.9 Å². The molecule has 0 radical (unpaired) electrons. The molecule has 1 unspecified atom stereocenters. The number of sulfonamides is 1. The Labute approximate surface area is 126 Å². The highest BCUT2D eigenvalue weighted by molar-refractivity contribution is 9.10. The van der Waals surface area contributed by atoms with Crippen molar-refractivity contribution in [3.63, 3.8) is 0 Å². The number of rotatable bonds is 4. The van der Waals surface area contributed by atoms with E-state index in [2.05, 4.69) is 15.9 Å². The van der Waals surface area contributed by atoms with Gasteiger partial charge < -0.3 is 5.11 Å². The average molecular weight is 362 g/mol. The lowest BCUT2D eigenvalue weighted by molar-refractivity contribution is -0.147. The van der Waals surface area contributed by atoms with Crippen molar-refractivity contribution in [1.82, 2.24) is 4.31 Å². The van der Waals surface area contributed by atoms with Gasteiger partial charge in [-0.05, 0) is 47.3 Å². The van der Waals surface area contributed by atoms with Gasteiger partial charge in [-0.15, -0.1) is 0 Å². The van der Waals surface area contributed by atoms with E-state index in [9.17, 15) is 18.3 Å². The third-order valence-electron chi connectivity index (χ3n) is 3.82. The van der Waals surface area contributed by atoms with Crippen molar-refractivity contribution >= 4 is 31.9 Å². The van der Waals surface area contributed by atoms with Crippen LogP contribution in [0, 0.1) is 0 Å². The van der Waals surface area contributed by atoms with Crippen LogP contribution in [0.3, 0.4) is 0 Å². The van der Waals surface area contributed by atoms with Crippen molar-refractivity contribution in [1.29, 1.82) is 0 Å². The number of nitrogens with zero attached hydrogens (tertiary/aromatic N) is 1. The summed E-state index contributed by atoms with van der Waals surface area (Å²) in [5.74, 6) is -1.08. The molecule has 1 N–H and O–H groups in total. The molecule has 2 rings (SSSR count). The summed E-state index contributed by atoms with van der Waals surface area (Å²) < 4.78 is 27.1. The van der Waals surface area contributed by atoms with Crippen LogP contribution in [0.4, 0.5) is 0 Å². The second kappa shape index (κ2) is 5.46. The summed E-state index contributed by atoms with van der Waals surface area (Å²) in [6.07, 6.45) is 1.17. The molecule has 5 nitrogen and oxygen atoms in total. The van der Waals surface area contributed by atoms with E-state index in [1.165, 1.54) is 6.07 Å². The molecule has 1 atom stereocenters. The van der Waals surface area contributed by atoms with Crippen LogP contribution in [-0.2, 0) is 14.8 Å². The molecule has 1 aromatic rings. The highest BCUT2D eigenvalue weighted by Gasteiger charge is 2.52. The zero-order chi connectivity index (χ0) is 15.0. The van der Waals surface area contributed by atoms with Gasteiger partial charge in [0.25, 0.3) is 0 Å². The first-order valence-electron chi connectivity index (χ1n) is 6.37. The number of carbonyl (C=O) groups is 1. The first-order chi connectivity index (χ1) is 9.36. The first kappa shape index (κ1) is 15.5. The molecule has 1 aliphatic heterocycles. The Morgan fingerprint density at radius 3 is 2.65 bits per heavy atom. The topological polar surface area (TPSA) is 74.7 Å². The summed E-state index contributed by atoms with van der Waals surface area (Å²) in [5.41, 5.74) is -1.33. The van der Waals surface area contributed by atoms with Gasteiger partial charge in [0.1, 0.15) is 5.54 Å². The van der Waals surface area contributed by atoms with E-state index in [1.807, 2.05) is 0 Å². The highest BCUT2D eigenvalue weighted by atomic mass is 79.9. The molecule has 0 saturated carbocycles. The lowest BCUT2D eigenvalue weighted by Crippen LogP contribution is -2.52. The average Bonchev–Trinajstić information content (AvgIpc) is 2.84. The Morgan fingerprint density at radius 2 is 2.10 bits per heavy atom. The minimum absolute atomic E-state index is 0.112. The van der Waals surface area contributed by atoms with E-state index < -0.39 is 21.5 Å². The number of benzene rings is 1. The molecule has 1 fully saturated rings. The Morgan fingerprint density at radius 1 is 1.45 bits per heavy atom. The van der Waals surface area contributed by atoms with Crippen molar-refractivity contribution in [2.24, 2.45) is 0 Å². The van der Waals surface area contributed by atoms with Gasteiger partial charge in [-0.3, -0.25) is 4.79 Å². The maximum atomic E-state index is 12.8. The Kier molecular flexibility index (Phi) is 4.22. The second-order valence-electron chi connectivity index (χ2n) is 4.80. The molecule has 20 heavy (non-hydrogen) atoms. The number of hydrogen-bond acceptors (Lipinski definition) is 3. The monoisotopic (exact) mass is 361 g/mol. The predicted octanol–water partition coefficient (Wildman–Crippen LogP) is 2.47. The van der Waals surface area contributed by atoms with E-state index in [4.69, 9.17) is 0 Å². The Balaban J connectivity index is 2.55. The van der Waals surface area contributed by atoms with Gasteiger partial charge in [0.05, 0.1) is 4.90 Å². The fourth-order valence-electron chi connectivity index (χ4n) is 2.69. The molecule has 0 spiro atoms. The lowest BCUT2D eigenvalue weighted by Gasteiger charge is -2.33. The molecule has 7 heteroatoms. The third kappa shape index (κ3) is 2.27. The van der Waals surface area contributed by atoms with Crippen LogP contribution in [0.15, 0.2) is 33.6 Å². The highest BCUT2D eigenvalue weighted by Crippen LogP contribution is 2.38. The summed E-state index contributed by atoms with van der Waals surface area (Å²) >= 11 is 3.22. The zero-order valence-electron chi connectivity index (χ0n) is 11.0. The van der Waals surface area contributed by atoms with E-state index in [0.717, 1.165) is 4.31 Å². The van der Waals surface area contributed by atoms with Crippen LogP contribution in [0.5, 0.6) is 0 Å². The summed E-state index contributed by atoms with van der Waals surface area (Å²) in [4.78, 5) is 11.7. The van der Waals surface area contributed by atoms with Crippen molar-refractivity contribution in [2.75, 3.05) is 6.54 Å². The summed E-state index contributed by atoms with van der Waals surface area (Å²) in [5, 5.41) is 9.50. The van der Waals surface area contributed by atoms with E-state index >= 15 is 0 Å². The van der Waals surface area contributed by atoms with E-state index in [1.54, 1.807) is 25.1 Å². The predicted molar refractivity (Wildman–Crippen MR) is 77.9 cm³/mol. The van der Waals surface area contributed by atoms with Crippen molar-refractivity contribution < 1.29 is 18.3 Å². The molecule has 1 aliphatic rings. The van der Waals surface area contributed by atoms with Crippen molar-refractivity contribution in [3.05, 3.63) is 28.7 Å². The van der Waals surface area contributed by atoms with Gasteiger partial charge in [0, 0.05) is 11.0 Å². The molecule has 1 aromatic carbocycles. The Bertz CT molecular complexity index is 631. The number of halogens is 1. The minimum Gasteiger partial charge on any atom is -0.480 e. The van der Waals surface area contributed by atoms with Crippen LogP contribution >= 0.6 is 15.9 Å². The molecule has 1 saturated heterocycles. The number of carboxylic acid groups (broad SMARTS) is 1. The van der Waals surface area contributed by atoms with Gasteiger partial charge in [0.15, 0.2) is 0 Å². The van der Waals surface area contributed by atoms with E-state index in [-0.39, 0.29) is 17.9 Å². The fourth-order valence-corrected chi connectivity index (χ4v) is 5.52. The van der Waals surface area contributed by atoms with Crippen LogP contribution in [0.2, 0.25) is 0 Å². The van der Waals surface area contributed by atoms with Gasteiger partial charge in [-0.1, -0.05) is 19.1 Å². The minimum atomic E-state index is -3.83. The normalized spacial score (nSPS) is 23.9. The van der Waals surface area contributed by atoms with Crippen LogP contribution in [0.25, 0.3) is 0 Å². The number of hydrogen-bond donors (Lipinski definition) is 1. The quantitative estimate of drug-likeness (QED) is 0.893. The van der Waals surface area contributed by atoms with Crippen LogP contribution < -0.4 is 0 Å². The Hall–Kier alpha value is -0.920.